The summed E-state index contributed by atoms with van der Waals surface area (Å²) in [5.41, 5.74) is 2.13. The highest BCUT2D eigenvalue weighted by Crippen LogP contribution is 2.15. The van der Waals surface area contributed by atoms with Crippen molar-refractivity contribution in [3.8, 4) is 0 Å². The highest BCUT2D eigenvalue weighted by molar-refractivity contribution is 6.61. The standard InChI is InChI=1S/C11H10BN3O4/c16-11(15-10-3-4-13-19-10)14-8-2-1-7-6-18-12(17)9(7)5-8/h1-5,17H,6H2,(H2,14,15,16). The van der Waals surface area contributed by atoms with Crippen LogP contribution in [0.5, 0.6) is 0 Å². The molecular weight excluding hydrogens is 249 g/mol. The van der Waals surface area contributed by atoms with E-state index in [9.17, 15) is 9.82 Å². The molecule has 0 fully saturated rings. The number of hydrogen-bond donors (Lipinski definition) is 3. The van der Waals surface area contributed by atoms with Gasteiger partial charge in [0.15, 0.2) is 0 Å². The van der Waals surface area contributed by atoms with Crippen LogP contribution in [0.15, 0.2) is 35.0 Å². The van der Waals surface area contributed by atoms with Gasteiger partial charge in [-0.3, -0.25) is 5.32 Å². The number of carbonyl (C=O) groups excluding carboxylic acids is 1. The van der Waals surface area contributed by atoms with Gasteiger partial charge in [0.2, 0.25) is 5.88 Å². The first-order valence-corrected chi connectivity index (χ1v) is 5.63. The van der Waals surface area contributed by atoms with E-state index in [2.05, 4.69) is 15.8 Å². The van der Waals surface area contributed by atoms with Gasteiger partial charge in [-0.1, -0.05) is 11.2 Å². The Morgan fingerprint density at radius 2 is 2.26 bits per heavy atom. The van der Waals surface area contributed by atoms with Crippen molar-refractivity contribution in [2.45, 2.75) is 6.61 Å². The molecule has 2 aromatic rings. The van der Waals surface area contributed by atoms with Crippen molar-refractivity contribution in [1.29, 1.82) is 0 Å². The summed E-state index contributed by atoms with van der Waals surface area (Å²) in [6, 6.07) is 6.29. The topological polar surface area (TPSA) is 96.6 Å². The Balaban J connectivity index is 1.70. The number of fused-ring (bicyclic) bond motifs is 1. The summed E-state index contributed by atoms with van der Waals surface area (Å²) in [6.45, 7) is 0.376. The number of urea groups is 1. The monoisotopic (exact) mass is 259 g/mol. The number of rotatable bonds is 2. The summed E-state index contributed by atoms with van der Waals surface area (Å²) < 4.78 is 9.82. The fourth-order valence-electron chi connectivity index (χ4n) is 1.85. The molecule has 1 aliphatic heterocycles. The molecule has 0 radical (unpaired) electrons. The number of nitrogens with zero attached hydrogens (tertiary/aromatic N) is 1. The Morgan fingerprint density at radius 3 is 3.05 bits per heavy atom. The van der Waals surface area contributed by atoms with E-state index in [1.807, 2.05) is 0 Å². The molecule has 0 spiro atoms. The summed E-state index contributed by atoms with van der Waals surface area (Å²) in [7, 11) is -0.936. The van der Waals surface area contributed by atoms with Crippen molar-refractivity contribution < 1.29 is 19.0 Å². The molecule has 0 saturated carbocycles. The molecule has 8 heteroatoms. The Labute approximate surface area is 108 Å². The molecular formula is C11H10BN3O4. The lowest BCUT2D eigenvalue weighted by molar-refractivity contribution is 0.261. The Hall–Kier alpha value is -2.32. The van der Waals surface area contributed by atoms with E-state index in [1.54, 1.807) is 18.2 Å². The molecule has 7 nitrogen and oxygen atoms in total. The fraction of sp³-hybridized carbons (Fsp3) is 0.0909. The molecule has 0 aliphatic carbocycles. The fourth-order valence-corrected chi connectivity index (χ4v) is 1.85. The van der Waals surface area contributed by atoms with Crippen molar-refractivity contribution in [2.75, 3.05) is 10.6 Å². The van der Waals surface area contributed by atoms with E-state index in [4.69, 9.17) is 9.18 Å². The zero-order chi connectivity index (χ0) is 13.2. The highest BCUT2D eigenvalue weighted by Gasteiger charge is 2.27. The summed E-state index contributed by atoms with van der Waals surface area (Å²) in [4.78, 5) is 11.7. The highest BCUT2D eigenvalue weighted by atomic mass is 16.5. The van der Waals surface area contributed by atoms with Crippen LogP contribution in [0.25, 0.3) is 0 Å². The average molecular weight is 259 g/mol. The number of amides is 2. The lowest BCUT2D eigenvalue weighted by Crippen LogP contribution is -2.29. The molecule has 19 heavy (non-hydrogen) atoms. The van der Waals surface area contributed by atoms with Gasteiger partial charge in [-0.2, -0.15) is 0 Å². The van der Waals surface area contributed by atoms with Gasteiger partial charge < -0.3 is 19.5 Å². The molecule has 3 rings (SSSR count). The van der Waals surface area contributed by atoms with Crippen molar-refractivity contribution in [2.24, 2.45) is 0 Å². The third-order valence-corrected chi connectivity index (χ3v) is 2.74. The van der Waals surface area contributed by atoms with Crippen molar-refractivity contribution in [3.05, 3.63) is 36.0 Å². The maximum absolute atomic E-state index is 11.7. The minimum absolute atomic E-state index is 0.252. The summed E-state index contributed by atoms with van der Waals surface area (Å²) in [5, 5.41) is 18.1. The zero-order valence-electron chi connectivity index (χ0n) is 9.79. The molecule has 2 amide bonds. The van der Waals surface area contributed by atoms with Crippen LogP contribution in [0.2, 0.25) is 0 Å². The number of nitrogens with one attached hydrogen (secondary N) is 2. The van der Waals surface area contributed by atoms with Gasteiger partial charge in [0, 0.05) is 11.8 Å². The van der Waals surface area contributed by atoms with E-state index in [-0.39, 0.29) is 5.88 Å². The summed E-state index contributed by atoms with van der Waals surface area (Å²) in [5.74, 6) is 0.252. The second-order valence-corrected chi connectivity index (χ2v) is 4.03. The predicted molar refractivity (Wildman–Crippen MR) is 68.0 cm³/mol. The van der Waals surface area contributed by atoms with Gasteiger partial charge in [-0.25, -0.2) is 4.79 Å². The van der Waals surface area contributed by atoms with Crippen LogP contribution in [-0.2, 0) is 11.3 Å². The van der Waals surface area contributed by atoms with Crippen LogP contribution < -0.4 is 16.1 Å². The number of aromatic nitrogens is 1. The maximum Gasteiger partial charge on any atom is 0.491 e. The number of carbonyl (C=O) groups is 1. The van der Waals surface area contributed by atoms with Crippen LogP contribution in [-0.4, -0.2) is 23.3 Å². The lowest BCUT2D eigenvalue weighted by Gasteiger charge is -2.07. The predicted octanol–water partition coefficient (Wildman–Crippen LogP) is 0.536. The third-order valence-electron chi connectivity index (χ3n) is 2.74. The van der Waals surface area contributed by atoms with E-state index in [1.165, 1.54) is 12.3 Å². The molecule has 96 valence electrons. The molecule has 1 aromatic heterocycles. The van der Waals surface area contributed by atoms with Crippen molar-refractivity contribution in [1.82, 2.24) is 5.16 Å². The first kappa shape index (κ1) is 11.8. The molecule has 0 unspecified atom stereocenters. The van der Waals surface area contributed by atoms with Crippen molar-refractivity contribution >= 4 is 30.2 Å². The summed E-state index contributed by atoms with van der Waals surface area (Å²) >= 11 is 0. The Morgan fingerprint density at radius 1 is 1.37 bits per heavy atom. The Kier molecular flexibility index (Phi) is 2.94. The maximum atomic E-state index is 11.7. The number of hydrogen-bond acceptors (Lipinski definition) is 5. The molecule has 0 atom stereocenters. The van der Waals surface area contributed by atoms with Crippen molar-refractivity contribution in [3.63, 3.8) is 0 Å². The van der Waals surface area contributed by atoms with Crippen LogP contribution in [0.3, 0.4) is 0 Å². The lowest BCUT2D eigenvalue weighted by atomic mass is 9.79. The molecule has 3 N–H and O–H groups in total. The molecule has 0 bridgehead atoms. The van der Waals surface area contributed by atoms with Crippen LogP contribution >= 0.6 is 0 Å². The minimum Gasteiger partial charge on any atom is -0.423 e. The van der Waals surface area contributed by atoms with E-state index < -0.39 is 13.1 Å². The average Bonchev–Trinajstić information content (AvgIpc) is 3.00. The molecule has 1 aliphatic rings. The van der Waals surface area contributed by atoms with Crippen LogP contribution in [0.4, 0.5) is 16.4 Å². The van der Waals surface area contributed by atoms with Gasteiger partial charge in [0.1, 0.15) is 0 Å². The summed E-state index contributed by atoms with van der Waals surface area (Å²) in [6.07, 6.45) is 1.43. The molecule has 1 aromatic carbocycles. The van der Waals surface area contributed by atoms with E-state index >= 15 is 0 Å². The van der Waals surface area contributed by atoms with Gasteiger partial charge in [-0.05, 0) is 23.2 Å². The van der Waals surface area contributed by atoms with Gasteiger partial charge in [-0.15, -0.1) is 0 Å². The SMILES string of the molecule is O=C(Nc1ccc2c(c1)B(O)OC2)Nc1ccno1. The molecule has 0 saturated heterocycles. The molecule has 2 heterocycles. The van der Waals surface area contributed by atoms with Gasteiger partial charge >= 0.3 is 13.1 Å². The smallest absolute Gasteiger partial charge is 0.423 e. The number of anilines is 2. The van der Waals surface area contributed by atoms with Gasteiger partial charge in [0.05, 0.1) is 12.8 Å². The first-order chi connectivity index (χ1) is 9.22. The second kappa shape index (κ2) is 4.75. The van der Waals surface area contributed by atoms with Gasteiger partial charge in [0.25, 0.3) is 0 Å². The third kappa shape index (κ3) is 2.44. The largest absolute Gasteiger partial charge is 0.491 e. The Bertz CT molecular complexity index is 602. The van der Waals surface area contributed by atoms with Crippen LogP contribution in [0.1, 0.15) is 5.56 Å². The minimum atomic E-state index is -0.936. The van der Waals surface area contributed by atoms with Crippen LogP contribution in [0, 0.1) is 0 Å². The van der Waals surface area contributed by atoms with E-state index in [0.29, 0.717) is 17.8 Å². The quantitative estimate of drug-likeness (QED) is 0.684. The van der Waals surface area contributed by atoms with E-state index in [0.717, 1.165) is 5.56 Å². The second-order valence-electron chi connectivity index (χ2n) is 4.03. The number of benzene rings is 1. The zero-order valence-corrected chi connectivity index (χ0v) is 9.79. The first-order valence-electron chi connectivity index (χ1n) is 5.63. The normalized spacial score (nSPS) is 13.2.